The molecule has 0 aromatic carbocycles. The molecule has 0 aliphatic heterocycles. The number of hydrogen-bond acceptors (Lipinski definition) is 0. The molecule has 0 atom stereocenters. The van der Waals surface area contributed by atoms with E-state index in [1.165, 1.54) is 64.2 Å². The van der Waals surface area contributed by atoms with Gasteiger partial charge in [-0.2, -0.15) is 0 Å². The topological polar surface area (TPSA) is 0 Å². The summed E-state index contributed by atoms with van der Waals surface area (Å²) in [4.78, 5) is 0. The van der Waals surface area contributed by atoms with E-state index in [4.69, 9.17) is 0 Å². The molecular weight excluding hydrogens is 395 g/mol. The summed E-state index contributed by atoms with van der Waals surface area (Å²) in [6, 6.07) is 0. The van der Waals surface area contributed by atoms with Crippen molar-refractivity contribution in [1.29, 1.82) is 0 Å². The van der Waals surface area contributed by atoms with Crippen LogP contribution >= 0.6 is 22.6 Å². The molecule has 0 aromatic rings. The lowest BCUT2D eigenvalue weighted by Gasteiger charge is -2.20. The van der Waals surface area contributed by atoms with Gasteiger partial charge in [0.15, 0.2) is 0 Å². The van der Waals surface area contributed by atoms with Gasteiger partial charge in [-0.15, -0.1) is 0 Å². The summed E-state index contributed by atoms with van der Waals surface area (Å²) in [5.74, 6) is 0. The fraction of sp³-hybridized carbons (Fsp3) is 0.800. The fourth-order valence-corrected chi connectivity index (χ4v) is 4.26. The van der Waals surface area contributed by atoms with Crippen LogP contribution < -0.4 is 0 Å². The van der Waals surface area contributed by atoms with Crippen molar-refractivity contribution in [1.82, 2.24) is 0 Å². The Labute approximate surface area is 155 Å². The molecule has 0 saturated heterocycles. The monoisotopic (exact) mass is 434 g/mol. The molecule has 0 spiro atoms. The normalized spacial score (nSPS) is 14.2. The van der Waals surface area contributed by atoms with E-state index in [1.54, 1.807) is 14.3 Å². The molecule has 0 amide bonds. The zero-order valence-electron chi connectivity index (χ0n) is 16.0. The molecular formula is C20H39ISi. The third-order valence-corrected chi connectivity index (χ3v) is 11.3. The highest BCUT2D eigenvalue weighted by Gasteiger charge is 2.20. The minimum absolute atomic E-state index is 1.18. The first-order valence-electron chi connectivity index (χ1n) is 9.39. The second-order valence-corrected chi connectivity index (χ2v) is 14.8. The average molecular weight is 435 g/mol. The van der Waals surface area contributed by atoms with Gasteiger partial charge in [0.1, 0.15) is 0 Å². The van der Waals surface area contributed by atoms with Crippen LogP contribution in [0, 0.1) is 0 Å². The molecule has 0 heterocycles. The van der Waals surface area contributed by atoms with Crippen molar-refractivity contribution in [3.8, 4) is 0 Å². The number of hydrogen-bond donors (Lipinski definition) is 0. The lowest BCUT2D eigenvalue weighted by Crippen LogP contribution is -2.21. The maximum absolute atomic E-state index is 2.65. The first-order valence-corrected chi connectivity index (χ1v) is 14.0. The summed E-state index contributed by atoms with van der Waals surface area (Å²) in [6.07, 6.45) is 16.1. The Hall–Kier alpha value is 0.427. The summed E-state index contributed by atoms with van der Waals surface area (Å²) in [6.45, 7) is 14.4. The number of halogens is 1. The van der Waals surface area contributed by atoms with Gasteiger partial charge in [0.05, 0.1) is 8.07 Å². The van der Waals surface area contributed by atoms with Crippen molar-refractivity contribution in [3.63, 3.8) is 0 Å². The average Bonchev–Trinajstić information content (AvgIpc) is 2.45. The number of rotatable bonds is 12. The minimum atomic E-state index is -1.18. The molecule has 2 heteroatoms. The summed E-state index contributed by atoms with van der Waals surface area (Å²) in [5.41, 5.74) is 3.25. The van der Waals surface area contributed by atoms with Crippen LogP contribution in [0.1, 0.15) is 85.0 Å². The highest BCUT2D eigenvalue weighted by Crippen LogP contribution is 2.30. The molecule has 0 fully saturated rings. The van der Waals surface area contributed by atoms with Gasteiger partial charge in [0.25, 0.3) is 0 Å². The van der Waals surface area contributed by atoms with Gasteiger partial charge in [-0.1, -0.05) is 106 Å². The maximum Gasteiger partial charge on any atom is 0.0858 e. The van der Waals surface area contributed by atoms with Crippen LogP contribution in [0.2, 0.25) is 19.6 Å². The third-order valence-electron chi connectivity index (χ3n) is 4.09. The molecule has 0 radical (unpaired) electrons. The van der Waals surface area contributed by atoms with E-state index in [9.17, 15) is 0 Å². The standard InChI is InChI=1S/C20H39ISi/c1-7-9-11-13-15-18(3)17-19(16-14-12-10-8-2)20(21)22(4,5)6/h17H,7-16H2,1-6H3. The van der Waals surface area contributed by atoms with Gasteiger partial charge in [-0.3, -0.25) is 0 Å². The van der Waals surface area contributed by atoms with Gasteiger partial charge in [-0.25, -0.2) is 0 Å². The Morgan fingerprint density at radius 2 is 1.32 bits per heavy atom. The second-order valence-electron chi connectivity index (χ2n) is 7.70. The van der Waals surface area contributed by atoms with Gasteiger partial charge in [-0.05, 0) is 41.4 Å². The Kier molecular flexibility index (Phi) is 13.1. The number of allylic oxidation sites excluding steroid dienone is 3. The molecule has 0 nitrogen and oxygen atoms in total. The fourth-order valence-electron chi connectivity index (χ4n) is 2.67. The quantitative estimate of drug-likeness (QED) is 0.125. The molecule has 22 heavy (non-hydrogen) atoms. The summed E-state index contributed by atoms with van der Waals surface area (Å²) >= 11 is 2.65. The molecule has 0 bridgehead atoms. The van der Waals surface area contributed by atoms with Gasteiger partial charge in [0.2, 0.25) is 0 Å². The van der Waals surface area contributed by atoms with Gasteiger partial charge >= 0.3 is 0 Å². The Morgan fingerprint density at radius 1 is 0.818 bits per heavy atom. The minimum Gasteiger partial charge on any atom is -0.0730 e. The highest BCUT2D eigenvalue weighted by atomic mass is 127. The Balaban J connectivity index is 4.77. The SMILES string of the molecule is CCCCCCC(C)=CC(CCCCCC)=C(I)[Si](C)(C)C. The van der Waals surface area contributed by atoms with Crippen LogP contribution in [-0.2, 0) is 0 Å². The predicted molar refractivity (Wildman–Crippen MR) is 116 cm³/mol. The first kappa shape index (κ1) is 22.4. The largest absolute Gasteiger partial charge is 0.0858 e. The van der Waals surface area contributed by atoms with Gasteiger partial charge in [0, 0.05) is 0 Å². The van der Waals surface area contributed by atoms with Crippen molar-refractivity contribution >= 4 is 30.7 Å². The smallest absolute Gasteiger partial charge is 0.0730 e. The summed E-state index contributed by atoms with van der Waals surface area (Å²) < 4.78 is 1.69. The number of unbranched alkanes of at least 4 members (excludes halogenated alkanes) is 6. The molecule has 0 aliphatic carbocycles. The van der Waals surface area contributed by atoms with Crippen LogP contribution in [0.3, 0.4) is 0 Å². The maximum atomic E-state index is 2.65. The summed E-state index contributed by atoms with van der Waals surface area (Å²) in [5, 5.41) is 0. The van der Waals surface area contributed by atoms with E-state index >= 15 is 0 Å². The molecule has 0 saturated carbocycles. The van der Waals surface area contributed by atoms with Crippen LogP contribution in [0.4, 0.5) is 0 Å². The zero-order chi connectivity index (χ0) is 17.0. The second kappa shape index (κ2) is 12.8. The van der Waals surface area contributed by atoms with Gasteiger partial charge < -0.3 is 0 Å². The van der Waals surface area contributed by atoms with E-state index in [2.05, 4.69) is 69.1 Å². The van der Waals surface area contributed by atoms with Crippen molar-refractivity contribution in [2.24, 2.45) is 0 Å². The highest BCUT2D eigenvalue weighted by molar-refractivity contribution is 14.1. The Morgan fingerprint density at radius 3 is 1.77 bits per heavy atom. The van der Waals surface area contributed by atoms with E-state index in [0.717, 1.165) is 0 Å². The lowest BCUT2D eigenvalue weighted by atomic mass is 10.0. The van der Waals surface area contributed by atoms with E-state index in [0.29, 0.717) is 0 Å². The van der Waals surface area contributed by atoms with E-state index in [1.807, 2.05) is 0 Å². The molecule has 0 aliphatic rings. The van der Waals surface area contributed by atoms with Crippen LogP contribution in [0.15, 0.2) is 20.4 Å². The van der Waals surface area contributed by atoms with Crippen molar-refractivity contribution in [2.45, 2.75) is 105 Å². The predicted octanol–water partition coefficient (Wildman–Crippen LogP) is 8.44. The van der Waals surface area contributed by atoms with Crippen molar-refractivity contribution < 1.29 is 0 Å². The first-order chi connectivity index (χ1) is 10.3. The lowest BCUT2D eigenvalue weighted by molar-refractivity contribution is 0.660. The molecule has 0 N–H and O–H groups in total. The Bertz CT molecular complexity index is 347. The molecule has 0 aromatic heterocycles. The van der Waals surface area contributed by atoms with Crippen LogP contribution in [0.5, 0.6) is 0 Å². The van der Waals surface area contributed by atoms with E-state index < -0.39 is 8.07 Å². The third kappa shape index (κ3) is 11.0. The summed E-state index contributed by atoms with van der Waals surface area (Å²) in [7, 11) is -1.18. The zero-order valence-corrected chi connectivity index (χ0v) is 19.2. The molecule has 0 unspecified atom stereocenters. The molecule has 0 rings (SSSR count). The van der Waals surface area contributed by atoms with E-state index in [-0.39, 0.29) is 0 Å². The van der Waals surface area contributed by atoms with Crippen molar-refractivity contribution in [3.05, 3.63) is 20.4 Å². The molecule has 130 valence electrons. The van der Waals surface area contributed by atoms with Crippen molar-refractivity contribution in [2.75, 3.05) is 0 Å². The van der Waals surface area contributed by atoms with Crippen LogP contribution in [-0.4, -0.2) is 8.07 Å². The van der Waals surface area contributed by atoms with Crippen LogP contribution in [0.25, 0.3) is 0 Å².